The third-order valence-corrected chi connectivity index (χ3v) is 5.80. The lowest BCUT2D eigenvalue weighted by atomic mass is 9.97. The van der Waals surface area contributed by atoms with E-state index in [0.717, 1.165) is 47.7 Å². The van der Waals surface area contributed by atoms with Gasteiger partial charge in [-0.15, -0.1) is 0 Å². The van der Waals surface area contributed by atoms with Gasteiger partial charge in [-0.25, -0.2) is 4.39 Å². The van der Waals surface area contributed by atoms with E-state index in [1.807, 2.05) is 49.4 Å². The molecule has 0 aromatic heterocycles. The van der Waals surface area contributed by atoms with E-state index in [9.17, 15) is 14.0 Å². The Labute approximate surface area is 194 Å². The quantitative estimate of drug-likeness (QED) is 0.431. The maximum Gasteiger partial charge on any atom is 0.312 e. The zero-order valence-corrected chi connectivity index (χ0v) is 19.6. The van der Waals surface area contributed by atoms with Gasteiger partial charge in [0.05, 0.1) is 12.3 Å². The van der Waals surface area contributed by atoms with Crippen molar-refractivity contribution in [1.29, 1.82) is 0 Å². The Kier molecular flexibility index (Phi) is 8.21. The van der Waals surface area contributed by atoms with Crippen LogP contribution in [0.4, 0.5) is 10.1 Å². The van der Waals surface area contributed by atoms with Crippen LogP contribution in [0, 0.1) is 12.8 Å². The minimum absolute atomic E-state index is 0.216. The fourth-order valence-corrected chi connectivity index (χ4v) is 4.23. The third kappa shape index (κ3) is 7.37. The number of rotatable bonds is 9. The van der Waals surface area contributed by atoms with Crippen molar-refractivity contribution in [2.75, 3.05) is 31.3 Å². The van der Waals surface area contributed by atoms with Crippen LogP contribution < -0.4 is 5.06 Å². The Hall–Kier alpha value is -2.77. The van der Waals surface area contributed by atoms with Crippen LogP contribution in [0.3, 0.4) is 0 Å². The van der Waals surface area contributed by atoms with Crippen molar-refractivity contribution in [3.05, 3.63) is 54.1 Å². The number of aryl methyl sites for hydroxylation is 1. The summed E-state index contributed by atoms with van der Waals surface area (Å²) in [7, 11) is 0. The first-order valence-electron chi connectivity index (χ1n) is 11.4. The van der Waals surface area contributed by atoms with Crippen molar-refractivity contribution < 1.29 is 23.9 Å². The lowest BCUT2D eigenvalue weighted by Crippen LogP contribution is -2.42. The van der Waals surface area contributed by atoms with Gasteiger partial charge >= 0.3 is 5.97 Å². The second kappa shape index (κ2) is 10.9. The van der Waals surface area contributed by atoms with Gasteiger partial charge in [0.2, 0.25) is 0 Å². The summed E-state index contributed by atoms with van der Waals surface area (Å²) in [6.07, 6.45) is 1.02. The lowest BCUT2D eigenvalue weighted by Gasteiger charge is -2.35. The molecular formula is C26H33FN2O4. The number of halogens is 1. The summed E-state index contributed by atoms with van der Waals surface area (Å²) in [6.45, 7) is 7.37. The average Bonchev–Trinajstić information content (AvgIpc) is 2.74. The fraction of sp³-hybridized carbons (Fsp3) is 0.462. The number of piperidine rings is 1. The summed E-state index contributed by atoms with van der Waals surface area (Å²) in [4.78, 5) is 31.8. The molecule has 2 aromatic carbocycles. The second-order valence-electron chi connectivity index (χ2n) is 9.36. The number of aliphatic carboxylic acids is 1. The molecule has 1 fully saturated rings. The van der Waals surface area contributed by atoms with E-state index < -0.39 is 24.0 Å². The van der Waals surface area contributed by atoms with Gasteiger partial charge in [0.15, 0.2) is 0 Å². The maximum absolute atomic E-state index is 13.9. The minimum Gasteiger partial charge on any atom is -0.481 e. The Morgan fingerprint density at radius 3 is 2.39 bits per heavy atom. The van der Waals surface area contributed by atoms with E-state index >= 15 is 0 Å². The number of alkyl halides is 1. The number of carbonyl (C=O) groups is 2. The van der Waals surface area contributed by atoms with E-state index in [-0.39, 0.29) is 5.92 Å². The maximum atomic E-state index is 13.9. The Bertz CT molecular complexity index is 951. The van der Waals surface area contributed by atoms with E-state index in [0.29, 0.717) is 18.8 Å². The molecule has 1 saturated heterocycles. The van der Waals surface area contributed by atoms with Crippen molar-refractivity contribution in [2.45, 2.75) is 45.7 Å². The summed E-state index contributed by atoms with van der Waals surface area (Å²) in [5.74, 6) is -1.60. The summed E-state index contributed by atoms with van der Waals surface area (Å²) in [5, 5.41) is 10.2. The third-order valence-electron chi connectivity index (χ3n) is 5.80. The van der Waals surface area contributed by atoms with E-state index in [4.69, 9.17) is 9.94 Å². The molecule has 0 aliphatic carbocycles. The number of likely N-dealkylation sites (tertiary alicyclic amines) is 1. The average molecular weight is 457 g/mol. The van der Waals surface area contributed by atoms with Crippen LogP contribution in [0.2, 0.25) is 0 Å². The monoisotopic (exact) mass is 456 g/mol. The molecule has 178 valence electrons. The van der Waals surface area contributed by atoms with E-state index in [1.54, 1.807) is 19.9 Å². The minimum atomic E-state index is -1.23. The van der Waals surface area contributed by atoms with Crippen LogP contribution >= 0.6 is 0 Å². The van der Waals surface area contributed by atoms with Gasteiger partial charge in [-0.2, -0.15) is 5.06 Å². The number of anilines is 1. The molecule has 1 heterocycles. The molecular weight excluding hydrogens is 423 g/mol. The van der Waals surface area contributed by atoms with Gasteiger partial charge in [0.25, 0.3) is 5.91 Å². The number of benzene rings is 2. The highest BCUT2D eigenvalue weighted by Gasteiger charge is 2.27. The summed E-state index contributed by atoms with van der Waals surface area (Å²) in [6, 6.07) is 15.5. The molecule has 0 spiro atoms. The lowest BCUT2D eigenvalue weighted by molar-refractivity contribution is -0.142. The van der Waals surface area contributed by atoms with Crippen LogP contribution in [0.5, 0.6) is 0 Å². The van der Waals surface area contributed by atoms with Crippen LogP contribution in [-0.4, -0.2) is 53.8 Å². The number of carboxylic acids is 1. The first-order valence-corrected chi connectivity index (χ1v) is 11.4. The molecule has 6 nitrogen and oxygen atoms in total. The summed E-state index contributed by atoms with van der Waals surface area (Å²) in [5.41, 5.74) is 2.34. The Morgan fingerprint density at radius 1 is 1.15 bits per heavy atom. The number of carboxylic acid groups (broad SMARTS) is 1. The first kappa shape index (κ1) is 24.9. The van der Waals surface area contributed by atoms with Crippen molar-refractivity contribution in [3.63, 3.8) is 0 Å². The van der Waals surface area contributed by atoms with Gasteiger partial charge in [-0.1, -0.05) is 36.4 Å². The number of carbonyl (C=O) groups excluding carboxylic acids is 1. The number of hydrogen-bond donors (Lipinski definition) is 1. The fourth-order valence-electron chi connectivity index (χ4n) is 4.23. The Balaban J connectivity index is 1.69. The number of hydrogen-bond acceptors (Lipinski definition) is 4. The smallest absolute Gasteiger partial charge is 0.312 e. The van der Waals surface area contributed by atoms with Gasteiger partial charge in [0, 0.05) is 6.54 Å². The van der Waals surface area contributed by atoms with Crippen LogP contribution in [0.25, 0.3) is 11.1 Å². The van der Waals surface area contributed by atoms with Crippen LogP contribution in [0.1, 0.15) is 38.7 Å². The number of hydroxylamine groups is 1. The molecule has 1 aliphatic rings. The molecule has 0 atom stereocenters. The predicted molar refractivity (Wildman–Crippen MR) is 127 cm³/mol. The molecule has 1 aliphatic heterocycles. The predicted octanol–water partition coefficient (Wildman–Crippen LogP) is 4.86. The standard InChI is InChI=1S/C26H33FN2O4/c1-19-15-22(9-10-23(19)21-7-5-4-6-8-21)29(24(30)16-25(31)32)33-17-20-11-13-28(14-12-20)18-26(2,3)27/h4-10,15,20H,11-14,16-18H2,1-3H3,(H,31,32). The largest absolute Gasteiger partial charge is 0.481 e. The van der Waals surface area contributed by atoms with Crippen molar-refractivity contribution in [3.8, 4) is 11.1 Å². The van der Waals surface area contributed by atoms with Crippen molar-refractivity contribution >= 4 is 17.6 Å². The van der Waals surface area contributed by atoms with E-state index in [1.165, 1.54) is 0 Å². The molecule has 3 rings (SSSR count). The second-order valence-corrected chi connectivity index (χ2v) is 9.36. The molecule has 7 heteroatoms. The molecule has 1 amide bonds. The Morgan fingerprint density at radius 2 is 1.82 bits per heavy atom. The van der Waals surface area contributed by atoms with Gasteiger partial charge in [-0.3, -0.25) is 14.4 Å². The summed E-state index contributed by atoms with van der Waals surface area (Å²) < 4.78 is 13.9. The zero-order chi connectivity index (χ0) is 24.0. The van der Waals surface area contributed by atoms with Crippen molar-refractivity contribution in [2.24, 2.45) is 5.92 Å². The zero-order valence-electron chi connectivity index (χ0n) is 19.6. The molecule has 0 unspecified atom stereocenters. The van der Waals surface area contributed by atoms with Crippen LogP contribution in [0.15, 0.2) is 48.5 Å². The van der Waals surface area contributed by atoms with Crippen LogP contribution in [-0.2, 0) is 14.4 Å². The summed E-state index contributed by atoms with van der Waals surface area (Å²) >= 11 is 0. The molecule has 0 radical (unpaired) electrons. The number of nitrogens with zero attached hydrogens (tertiary/aromatic N) is 2. The topological polar surface area (TPSA) is 70.1 Å². The molecule has 2 aromatic rings. The normalized spacial score (nSPS) is 15.4. The molecule has 33 heavy (non-hydrogen) atoms. The SMILES string of the molecule is Cc1cc(N(OCC2CCN(CC(C)(C)F)CC2)C(=O)CC(=O)O)ccc1-c1ccccc1. The highest BCUT2D eigenvalue weighted by atomic mass is 19.1. The van der Waals surface area contributed by atoms with Gasteiger partial charge in [-0.05, 0) is 81.4 Å². The highest BCUT2D eigenvalue weighted by molar-refractivity contribution is 6.01. The van der Waals surface area contributed by atoms with Gasteiger partial charge in [0.1, 0.15) is 12.1 Å². The first-order chi connectivity index (χ1) is 15.6. The van der Waals surface area contributed by atoms with E-state index in [2.05, 4.69) is 4.90 Å². The van der Waals surface area contributed by atoms with Crippen molar-refractivity contribution in [1.82, 2.24) is 4.90 Å². The number of amides is 1. The molecule has 1 N–H and O–H groups in total. The highest BCUT2D eigenvalue weighted by Crippen LogP contribution is 2.29. The molecule has 0 saturated carbocycles. The van der Waals surface area contributed by atoms with Gasteiger partial charge < -0.3 is 10.0 Å². The molecule has 0 bridgehead atoms.